The van der Waals surface area contributed by atoms with Gasteiger partial charge in [-0.15, -0.1) is 0 Å². The quantitative estimate of drug-likeness (QED) is 0.745. The van der Waals surface area contributed by atoms with E-state index in [-0.39, 0.29) is 29.8 Å². The molecule has 2 bridgehead atoms. The third-order valence-corrected chi connectivity index (χ3v) is 4.89. The number of rotatable bonds is 3. The first-order chi connectivity index (χ1) is 12.7. The monoisotopic (exact) mass is 379 g/mol. The van der Waals surface area contributed by atoms with E-state index in [4.69, 9.17) is 9.47 Å². The summed E-state index contributed by atoms with van der Waals surface area (Å²) in [5.41, 5.74) is -0.419. The van der Waals surface area contributed by atoms with Crippen LogP contribution in [0.3, 0.4) is 0 Å². The van der Waals surface area contributed by atoms with Crippen LogP contribution in [0, 0.1) is 5.82 Å². The zero-order valence-corrected chi connectivity index (χ0v) is 16.2. The van der Waals surface area contributed by atoms with E-state index in [0.717, 1.165) is 18.9 Å². The Hall–Kier alpha value is -2.31. The highest BCUT2D eigenvalue weighted by molar-refractivity contribution is 5.89. The Morgan fingerprint density at radius 2 is 1.74 bits per heavy atom. The van der Waals surface area contributed by atoms with Gasteiger partial charge in [0.05, 0.1) is 12.7 Å². The first-order valence-corrected chi connectivity index (χ1v) is 9.23. The van der Waals surface area contributed by atoms with Gasteiger partial charge in [0, 0.05) is 31.0 Å². The second-order valence-corrected chi connectivity index (χ2v) is 8.15. The number of piperidine rings is 1. The molecule has 0 saturated carbocycles. The minimum Gasteiger partial charge on any atom is -0.490 e. The fourth-order valence-electron chi connectivity index (χ4n) is 3.89. The molecule has 0 radical (unpaired) electrons. The number of nitrogens with zero attached hydrogens (tertiary/aromatic N) is 1. The van der Waals surface area contributed by atoms with Crippen molar-refractivity contribution in [3.8, 4) is 5.75 Å². The Bertz CT molecular complexity index is 716. The highest BCUT2D eigenvalue weighted by Gasteiger charge is 2.45. The summed E-state index contributed by atoms with van der Waals surface area (Å²) < 4.78 is 29.9. The first-order valence-electron chi connectivity index (χ1n) is 9.23. The Balaban J connectivity index is 1.68. The summed E-state index contributed by atoms with van der Waals surface area (Å²) in [6.45, 7) is 5.56. The number of hydrogen-bond donors (Lipinski definition) is 0. The predicted octanol–water partition coefficient (Wildman–Crippen LogP) is 3.92. The minimum atomic E-state index is -0.612. The van der Waals surface area contributed by atoms with Gasteiger partial charge in [-0.05, 0) is 45.7 Å². The zero-order valence-electron chi connectivity index (χ0n) is 16.2. The van der Waals surface area contributed by atoms with Gasteiger partial charge in [-0.3, -0.25) is 0 Å². The van der Waals surface area contributed by atoms with Crippen LogP contribution in [-0.2, 0) is 9.47 Å². The van der Waals surface area contributed by atoms with Crippen molar-refractivity contribution in [1.82, 2.24) is 4.90 Å². The van der Waals surface area contributed by atoms with E-state index in [1.807, 2.05) is 25.7 Å². The molecule has 148 valence electrons. The normalized spacial score (nSPS) is 24.5. The molecule has 0 aliphatic carbocycles. The SMILES string of the molecule is COC(=O)c1cc(F)cc(OC2CC3CCC(C2)N3C(=O)OC(C)(C)C)c1. The second kappa shape index (κ2) is 7.37. The van der Waals surface area contributed by atoms with Gasteiger partial charge < -0.3 is 19.1 Å². The van der Waals surface area contributed by atoms with Crippen LogP contribution in [0.4, 0.5) is 9.18 Å². The molecule has 2 unspecified atom stereocenters. The molecule has 2 saturated heterocycles. The van der Waals surface area contributed by atoms with Crippen LogP contribution in [0.2, 0.25) is 0 Å². The lowest BCUT2D eigenvalue weighted by Crippen LogP contribution is -2.50. The van der Waals surface area contributed by atoms with E-state index >= 15 is 0 Å². The number of halogens is 1. The lowest BCUT2D eigenvalue weighted by molar-refractivity contribution is -0.00715. The molecule has 1 aromatic rings. The van der Waals surface area contributed by atoms with Crippen LogP contribution in [-0.4, -0.2) is 47.9 Å². The van der Waals surface area contributed by atoms with E-state index in [9.17, 15) is 14.0 Å². The number of carbonyl (C=O) groups excluding carboxylic acids is 2. The lowest BCUT2D eigenvalue weighted by atomic mass is 10.00. The highest BCUT2D eigenvalue weighted by Crippen LogP contribution is 2.38. The van der Waals surface area contributed by atoms with Crippen LogP contribution in [0.25, 0.3) is 0 Å². The van der Waals surface area contributed by atoms with Crippen molar-refractivity contribution < 1.29 is 28.2 Å². The summed E-state index contributed by atoms with van der Waals surface area (Å²) in [4.78, 5) is 26.0. The van der Waals surface area contributed by atoms with Gasteiger partial charge in [0.1, 0.15) is 23.3 Å². The standard InChI is InChI=1S/C20H26FNO5/c1-20(2,3)27-19(24)22-14-5-6-15(22)11-17(10-14)26-16-8-12(18(23)25-4)7-13(21)9-16/h7-9,14-15,17H,5-6,10-11H2,1-4H3. The number of carbonyl (C=O) groups is 2. The predicted molar refractivity (Wildman–Crippen MR) is 96.3 cm³/mol. The van der Waals surface area contributed by atoms with Crippen LogP contribution < -0.4 is 4.74 Å². The van der Waals surface area contributed by atoms with Crippen molar-refractivity contribution in [1.29, 1.82) is 0 Å². The fraction of sp³-hybridized carbons (Fsp3) is 0.600. The number of amides is 1. The molecule has 0 spiro atoms. The number of methoxy groups -OCH3 is 1. The summed E-state index contributed by atoms with van der Waals surface area (Å²) in [5, 5.41) is 0. The van der Waals surface area contributed by atoms with E-state index < -0.39 is 17.4 Å². The Morgan fingerprint density at radius 3 is 2.30 bits per heavy atom. The maximum absolute atomic E-state index is 13.8. The van der Waals surface area contributed by atoms with Crippen LogP contribution >= 0.6 is 0 Å². The van der Waals surface area contributed by atoms with Crippen LogP contribution in [0.15, 0.2) is 18.2 Å². The summed E-state index contributed by atoms with van der Waals surface area (Å²) in [6.07, 6.45) is 2.68. The summed E-state index contributed by atoms with van der Waals surface area (Å²) in [6, 6.07) is 3.97. The summed E-state index contributed by atoms with van der Waals surface area (Å²) >= 11 is 0. The van der Waals surface area contributed by atoms with Crippen LogP contribution in [0.5, 0.6) is 5.75 Å². The summed E-state index contributed by atoms with van der Waals surface area (Å²) in [5.74, 6) is -0.869. The van der Waals surface area contributed by atoms with Crippen molar-refractivity contribution in [2.75, 3.05) is 7.11 Å². The average molecular weight is 379 g/mol. The van der Waals surface area contributed by atoms with Gasteiger partial charge in [0.2, 0.25) is 0 Å². The molecule has 2 fully saturated rings. The van der Waals surface area contributed by atoms with E-state index in [1.165, 1.54) is 19.2 Å². The van der Waals surface area contributed by atoms with Crippen molar-refractivity contribution in [2.45, 2.75) is 70.2 Å². The van der Waals surface area contributed by atoms with Gasteiger partial charge in [-0.2, -0.15) is 0 Å². The minimum absolute atomic E-state index is 0.0530. The fourth-order valence-corrected chi connectivity index (χ4v) is 3.89. The molecule has 27 heavy (non-hydrogen) atoms. The topological polar surface area (TPSA) is 65.1 Å². The van der Waals surface area contributed by atoms with Crippen molar-refractivity contribution in [2.24, 2.45) is 0 Å². The average Bonchev–Trinajstić information content (AvgIpc) is 2.83. The second-order valence-electron chi connectivity index (χ2n) is 8.15. The van der Waals surface area contributed by atoms with Crippen molar-refractivity contribution >= 4 is 12.1 Å². The maximum atomic E-state index is 13.8. The molecule has 2 aliphatic heterocycles. The maximum Gasteiger partial charge on any atom is 0.410 e. The van der Waals surface area contributed by atoms with Gasteiger partial charge in [-0.1, -0.05) is 0 Å². The molecule has 0 aromatic heterocycles. The molecule has 6 nitrogen and oxygen atoms in total. The molecular formula is C20H26FNO5. The van der Waals surface area contributed by atoms with E-state index in [1.54, 1.807) is 0 Å². The van der Waals surface area contributed by atoms with Crippen molar-refractivity contribution in [3.63, 3.8) is 0 Å². The van der Waals surface area contributed by atoms with E-state index in [2.05, 4.69) is 4.74 Å². The largest absolute Gasteiger partial charge is 0.490 e. The van der Waals surface area contributed by atoms with E-state index in [0.29, 0.717) is 18.6 Å². The number of ether oxygens (including phenoxy) is 3. The zero-order chi connectivity index (χ0) is 19.8. The Kier molecular flexibility index (Phi) is 5.31. The molecule has 7 heteroatoms. The molecule has 0 N–H and O–H groups in total. The number of benzene rings is 1. The number of fused-ring (bicyclic) bond motifs is 2. The molecule has 1 amide bonds. The van der Waals surface area contributed by atoms with Gasteiger partial charge in [0.25, 0.3) is 0 Å². The lowest BCUT2D eigenvalue weighted by Gasteiger charge is -2.39. The first kappa shape index (κ1) is 19.5. The molecular weight excluding hydrogens is 353 g/mol. The van der Waals surface area contributed by atoms with Gasteiger partial charge in [0.15, 0.2) is 0 Å². The smallest absolute Gasteiger partial charge is 0.410 e. The third kappa shape index (κ3) is 4.51. The van der Waals surface area contributed by atoms with Crippen LogP contribution in [0.1, 0.15) is 56.8 Å². The summed E-state index contributed by atoms with van der Waals surface area (Å²) in [7, 11) is 1.25. The Morgan fingerprint density at radius 1 is 1.11 bits per heavy atom. The number of esters is 1. The highest BCUT2D eigenvalue weighted by atomic mass is 19.1. The Labute approximate surface area is 158 Å². The molecule has 2 heterocycles. The number of hydrogen-bond acceptors (Lipinski definition) is 5. The third-order valence-electron chi connectivity index (χ3n) is 4.89. The van der Waals surface area contributed by atoms with Crippen molar-refractivity contribution in [3.05, 3.63) is 29.6 Å². The molecule has 1 aromatic carbocycles. The molecule has 2 atom stereocenters. The molecule has 3 rings (SSSR count). The van der Waals surface area contributed by atoms with Gasteiger partial charge >= 0.3 is 12.1 Å². The van der Waals surface area contributed by atoms with Gasteiger partial charge in [-0.25, -0.2) is 14.0 Å². The molecule has 2 aliphatic rings.